The SMILES string of the molecule is CS(=O)(=O)C1CC[C](C#N)CC1. The van der Waals surface area contributed by atoms with E-state index in [0.717, 1.165) is 5.92 Å². The van der Waals surface area contributed by atoms with Gasteiger partial charge in [-0.2, -0.15) is 5.26 Å². The van der Waals surface area contributed by atoms with Crippen LogP contribution in [0.1, 0.15) is 25.7 Å². The van der Waals surface area contributed by atoms with Crippen molar-refractivity contribution in [3.05, 3.63) is 5.92 Å². The van der Waals surface area contributed by atoms with Crippen LogP contribution in [-0.4, -0.2) is 19.9 Å². The Labute approximate surface area is 73.3 Å². The molecule has 0 bridgehead atoms. The summed E-state index contributed by atoms with van der Waals surface area (Å²) in [4.78, 5) is 0. The molecule has 1 saturated carbocycles. The fourth-order valence-electron chi connectivity index (χ4n) is 1.48. The molecule has 1 aliphatic rings. The molecule has 0 aliphatic heterocycles. The highest BCUT2D eigenvalue weighted by Gasteiger charge is 2.27. The molecule has 1 aliphatic carbocycles. The first-order chi connectivity index (χ1) is 5.54. The molecule has 0 aromatic carbocycles. The van der Waals surface area contributed by atoms with Gasteiger partial charge in [-0.05, 0) is 25.7 Å². The van der Waals surface area contributed by atoms with Crippen molar-refractivity contribution in [3.8, 4) is 6.07 Å². The first-order valence-corrected chi connectivity index (χ1v) is 5.93. The third-order valence-electron chi connectivity index (χ3n) is 2.30. The van der Waals surface area contributed by atoms with Crippen LogP contribution in [-0.2, 0) is 9.84 Å². The second kappa shape index (κ2) is 3.44. The van der Waals surface area contributed by atoms with Gasteiger partial charge in [0.15, 0.2) is 0 Å². The van der Waals surface area contributed by atoms with E-state index in [4.69, 9.17) is 5.26 Å². The smallest absolute Gasteiger partial charge is 0.150 e. The van der Waals surface area contributed by atoms with E-state index >= 15 is 0 Å². The highest BCUT2D eigenvalue weighted by Crippen LogP contribution is 2.28. The van der Waals surface area contributed by atoms with Crippen LogP contribution >= 0.6 is 0 Å². The number of hydrogen-bond donors (Lipinski definition) is 0. The van der Waals surface area contributed by atoms with E-state index in [1.807, 2.05) is 0 Å². The first-order valence-electron chi connectivity index (χ1n) is 3.97. The van der Waals surface area contributed by atoms with E-state index in [1.165, 1.54) is 6.26 Å². The molecule has 0 heterocycles. The summed E-state index contributed by atoms with van der Waals surface area (Å²) in [6.45, 7) is 0. The molecule has 0 saturated heterocycles. The average Bonchev–Trinajstić information content (AvgIpc) is 2.03. The molecule has 0 amide bonds. The molecule has 1 rings (SSSR count). The van der Waals surface area contributed by atoms with Crippen LogP contribution in [0, 0.1) is 17.2 Å². The fourth-order valence-corrected chi connectivity index (χ4v) is 2.57. The summed E-state index contributed by atoms with van der Waals surface area (Å²) in [6, 6.07) is 2.10. The Morgan fingerprint density at radius 3 is 2.25 bits per heavy atom. The van der Waals surface area contributed by atoms with Crippen LogP contribution in [0.4, 0.5) is 0 Å². The van der Waals surface area contributed by atoms with Crippen LogP contribution < -0.4 is 0 Å². The van der Waals surface area contributed by atoms with Crippen LogP contribution in [0.3, 0.4) is 0 Å². The van der Waals surface area contributed by atoms with E-state index in [9.17, 15) is 8.42 Å². The molecule has 3 nitrogen and oxygen atoms in total. The third-order valence-corrected chi connectivity index (χ3v) is 3.98. The molecule has 0 N–H and O–H groups in total. The maximum Gasteiger partial charge on any atom is 0.150 e. The summed E-state index contributed by atoms with van der Waals surface area (Å²) in [5.74, 6) is 0.843. The van der Waals surface area contributed by atoms with E-state index in [0.29, 0.717) is 25.7 Å². The molecule has 0 atom stereocenters. The molecule has 0 aromatic heterocycles. The number of sulfone groups is 1. The van der Waals surface area contributed by atoms with Crippen molar-refractivity contribution < 1.29 is 8.42 Å². The van der Waals surface area contributed by atoms with Gasteiger partial charge in [0.25, 0.3) is 0 Å². The van der Waals surface area contributed by atoms with Crippen LogP contribution in [0.2, 0.25) is 0 Å². The number of nitriles is 1. The van der Waals surface area contributed by atoms with Crippen molar-refractivity contribution in [3.63, 3.8) is 0 Å². The van der Waals surface area contributed by atoms with Gasteiger partial charge in [-0.3, -0.25) is 0 Å². The van der Waals surface area contributed by atoms with Crippen LogP contribution in [0.5, 0.6) is 0 Å². The zero-order valence-corrected chi connectivity index (χ0v) is 7.89. The van der Waals surface area contributed by atoms with Crippen LogP contribution in [0.25, 0.3) is 0 Å². The van der Waals surface area contributed by atoms with Gasteiger partial charge in [0.05, 0.1) is 17.2 Å². The lowest BCUT2D eigenvalue weighted by Gasteiger charge is -2.22. The highest BCUT2D eigenvalue weighted by atomic mass is 32.2. The lowest BCUT2D eigenvalue weighted by atomic mass is 9.90. The van der Waals surface area contributed by atoms with Gasteiger partial charge < -0.3 is 0 Å². The summed E-state index contributed by atoms with van der Waals surface area (Å²) >= 11 is 0. The van der Waals surface area contributed by atoms with E-state index < -0.39 is 9.84 Å². The van der Waals surface area contributed by atoms with Gasteiger partial charge in [-0.25, -0.2) is 8.42 Å². The molecule has 1 fully saturated rings. The molecular formula is C8H12NO2S. The van der Waals surface area contributed by atoms with Crippen LogP contribution in [0.15, 0.2) is 0 Å². The molecule has 0 aromatic rings. The number of hydrogen-bond acceptors (Lipinski definition) is 3. The van der Waals surface area contributed by atoms with Crippen molar-refractivity contribution in [2.45, 2.75) is 30.9 Å². The molecule has 4 heteroatoms. The monoisotopic (exact) mass is 186 g/mol. The molecule has 67 valence electrons. The first kappa shape index (κ1) is 9.53. The van der Waals surface area contributed by atoms with Gasteiger partial charge in [0.2, 0.25) is 0 Å². The Morgan fingerprint density at radius 1 is 1.42 bits per heavy atom. The summed E-state index contributed by atoms with van der Waals surface area (Å²) < 4.78 is 22.2. The maximum absolute atomic E-state index is 11.1. The Morgan fingerprint density at radius 2 is 1.92 bits per heavy atom. The number of rotatable bonds is 1. The molecule has 0 unspecified atom stereocenters. The quantitative estimate of drug-likeness (QED) is 0.615. The predicted molar refractivity (Wildman–Crippen MR) is 46.0 cm³/mol. The van der Waals surface area contributed by atoms with Gasteiger partial charge >= 0.3 is 0 Å². The highest BCUT2D eigenvalue weighted by molar-refractivity contribution is 7.91. The second-order valence-electron chi connectivity index (χ2n) is 3.24. The summed E-state index contributed by atoms with van der Waals surface area (Å²) in [5.41, 5.74) is 0. The van der Waals surface area contributed by atoms with E-state index in [2.05, 4.69) is 6.07 Å². The average molecular weight is 186 g/mol. The lowest BCUT2D eigenvalue weighted by Crippen LogP contribution is -2.24. The molecule has 12 heavy (non-hydrogen) atoms. The van der Waals surface area contributed by atoms with Crippen molar-refractivity contribution >= 4 is 9.84 Å². The van der Waals surface area contributed by atoms with Crippen molar-refractivity contribution in [1.82, 2.24) is 0 Å². The largest absolute Gasteiger partial charge is 0.229 e. The third kappa shape index (κ3) is 2.21. The van der Waals surface area contributed by atoms with Crippen molar-refractivity contribution in [1.29, 1.82) is 5.26 Å². The van der Waals surface area contributed by atoms with Crippen molar-refractivity contribution in [2.24, 2.45) is 0 Å². The number of nitrogens with zero attached hydrogens (tertiary/aromatic N) is 1. The summed E-state index contributed by atoms with van der Waals surface area (Å²) in [6.07, 6.45) is 3.85. The molecule has 0 spiro atoms. The second-order valence-corrected chi connectivity index (χ2v) is 5.57. The van der Waals surface area contributed by atoms with E-state index in [1.54, 1.807) is 0 Å². The fraction of sp³-hybridized carbons (Fsp3) is 0.750. The van der Waals surface area contributed by atoms with Crippen molar-refractivity contribution in [2.75, 3.05) is 6.26 Å². The van der Waals surface area contributed by atoms with Gasteiger partial charge in [0.1, 0.15) is 9.84 Å². The Kier molecular flexibility index (Phi) is 2.73. The minimum atomic E-state index is -2.88. The lowest BCUT2D eigenvalue weighted by molar-refractivity contribution is 0.524. The van der Waals surface area contributed by atoms with Gasteiger partial charge in [-0.15, -0.1) is 0 Å². The Balaban J connectivity index is 2.54. The van der Waals surface area contributed by atoms with Gasteiger partial charge in [-0.1, -0.05) is 0 Å². The summed E-state index contributed by atoms with van der Waals surface area (Å²) in [7, 11) is -2.88. The zero-order valence-electron chi connectivity index (χ0n) is 7.08. The predicted octanol–water partition coefficient (Wildman–Crippen LogP) is 1.07. The molecule has 1 radical (unpaired) electrons. The zero-order chi connectivity index (χ0) is 9.19. The summed E-state index contributed by atoms with van der Waals surface area (Å²) in [5, 5.41) is 8.33. The van der Waals surface area contributed by atoms with E-state index in [-0.39, 0.29) is 5.25 Å². The topological polar surface area (TPSA) is 57.9 Å². The standard InChI is InChI=1S/C8H12NO2S/c1-12(10,11)8-4-2-7(6-9)3-5-8/h8H,2-5H2,1H3. The Hall–Kier alpha value is -0.560. The minimum absolute atomic E-state index is 0.213. The minimum Gasteiger partial charge on any atom is -0.229 e. The normalized spacial score (nSPS) is 22.0. The Bertz CT molecular complexity index is 281. The molecular weight excluding hydrogens is 174 g/mol. The maximum atomic E-state index is 11.1. The van der Waals surface area contributed by atoms with Gasteiger partial charge in [0, 0.05) is 6.26 Å².